The SMILES string of the molecule is C=CCn1c(=NC(=O)c2cccc(Br)c2)sc2cccc(Cl)c21. The molecule has 0 radical (unpaired) electrons. The first-order valence-electron chi connectivity index (χ1n) is 6.83. The van der Waals surface area contributed by atoms with Gasteiger partial charge in [0.1, 0.15) is 0 Å². The van der Waals surface area contributed by atoms with Crippen LogP contribution in [-0.2, 0) is 6.54 Å². The van der Waals surface area contributed by atoms with Gasteiger partial charge in [0.15, 0.2) is 4.80 Å². The molecule has 6 heteroatoms. The molecule has 0 aliphatic heterocycles. The lowest BCUT2D eigenvalue weighted by molar-refractivity contribution is 0.0998. The summed E-state index contributed by atoms with van der Waals surface area (Å²) in [6, 6.07) is 12.9. The summed E-state index contributed by atoms with van der Waals surface area (Å²) in [5.74, 6) is -0.285. The molecule has 0 unspecified atom stereocenters. The zero-order valence-corrected chi connectivity index (χ0v) is 15.2. The zero-order chi connectivity index (χ0) is 16.4. The molecule has 3 aromatic rings. The maximum Gasteiger partial charge on any atom is 0.279 e. The van der Waals surface area contributed by atoms with Crippen molar-refractivity contribution in [1.29, 1.82) is 0 Å². The van der Waals surface area contributed by atoms with Crippen LogP contribution in [0.3, 0.4) is 0 Å². The summed E-state index contributed by atoms with van der Waals surface area (Å²) in [4.78, 5) is 17.3. The van der Waals surface area contributed by atoms with E-state index in [0.717, 1.165) is 14.7 Å². The van der Waals surface area contributed by atoms with Gasteiger partial charge < -0.3 is 4.57 Å². The molecular weight excluding hydrogens is 396 g/mol. The molecule has 1 amide bonds. The second kappa shape index (κ2) is 6.83. The molecule has 116 valence electrons. The number of hydrogen-bond acceptors (Lipinski definition) is 2. The minimum absolute atomic E-state index is 0.285. The van der Waals surface area contributed by atoms with Crippen LogP contribution in [0.1, 0.15) is 10.4 Å². The monoisotopic (exact) mass is 406 g/mol. The minimum Gasteiger partial charge on any atom is -0.311 e. The van der Waals surface area contributed by atoms with Crippen LogP contribution in [0.25, 0.3) is 10.2 Å². The topological polar surface area (TPSA) is 34.4 Å². The highest BCUT2D eigenvalue weighted by Gasteiger charge is 2.11. The number of halogens is 2. The van der Waals surface area contributed by atoms with Crippen molar-refractivity contribution in [2.45, 2.75) is 6.54 Å². The van der Waals surface area contributed by atoms with Crippen LogP contribution in [0.4, 0.5) is 0 Å². The number of allylic oxidation sites excluding steroid dienone is 1. The van der Waals surface area contributed by atoms with Crippen molar-refractivity contribution in [3.8, 4) is 0 Å². The number of hydrogen-bond donors (Lipinski definition) is 0. The molecule has 2 aromatic carbocycles. The highest BCUT2D eigenvalue weighted by atomic mass is 79.9. The summed E-state index contributed by atoms with van der Waals surface area (Å²) in [6.07, 6.45) is 1.76. The fourth-order valence-corrected chi connectivity index (χ4v) is 4.04. The van der Waals surface area contributed by atoms with E-state index < -0.39 is 0 Å². The Labute approximate surface area is 150 Å². The lowest BCUT2D eigenvalue weighted by Crippen LogP contribution is -2.16. The quantitative estimate of drug-likeness (QED) is 0.560. The number of nitrogens with zero attached hydrogens (tertiary/aromatic N) is 2. The Morgan fingerprint density at radius 2 is 2.13 bits per heavy atom. The van der Waals surface area contributed by atoms with E-state index in [1.54, 1.807) is 18.2 Å². The highest BCUT2D eigenvalue weighted by Crippen LogP contribution is 2.25. The second-order valence-electron chi connectivity index (χ2n) is 4.80. The molecule has 3 nitrogen and oxygen atoms in total. The van der Waals surface area contributed by atoms with E-state index in [0.29, 0.717) is 21.9 Å². The first kappa shape index (κ1) is 16.2. The summed E-state index contributed by atoms with van der Waals surface area (Å²) in [5, 5.41) is 0.636. The summed E-state index contributed by atoms with van der Waals surface area (Å²) in [6.45, 7) is 4.31. The van der Waals surface area contributed by atoms with Crippen LogP contribution in [0.15, 0.2) is 64.6 Å². The van der Waals surface area contributed by atoms with Crippen LogP contribution >= 0.6 is 38.9 Å². The Hall–Kier alpha value is -1.69. The van der Waals surface area contributed by atoms with E-state index in [4.69, 9.17) is 11.6 Å². The molecule has 0 aliphatic rings. The molecule has 1 heterocycles. The van der Waals surface area contributed by atoms with Crippen molar-refractivity contribution in [2.75, 3.05) is 0 Å². The smallest absolute Gasteiger partial charge is 0.279 e. The van der Waals surface area contributed by atoms with Crippen molar-refractivity contribution in [3.05, 3.63) is 75.0 Å². The Morgan fingerprint density at radius 3 is 2.87 bits per heavy atom. The van der Waals surface area contributed by atoms with Crippen LogP contribution < -0.4 is 4.80 Å². The number of amides is 1. The van der Waals surface area contributed by atoms with Gasteiger partial charge in [-0.1, -0.05) is 57.1 Å². The van der Waals surface area contributed by atoms with Crippen LogP contribution in [0.2, 0.25) is 5.02 Å². The number of aromatic nitrogens is 1. The average molecular weight is 408 g/mol. The molecule has 0 saturated carbocycles. The summed E-state index contributed by atoms with van der Waals surface area (Å²) in [5.41, 5.74) is 1.41. The van der Waals surface area contributed by atoms with Gasteiger partial charge in [-0.25, -0.2) is 0 Å². The molecule has 0 spiro atoms. The number of rotatable bonds is 3. The molecule has 0 N–H and O–H groups in total. The second-order valence-corrected chi connectivity index (χ2v) is 7.13. The minimum atomic E-state index is -0.285. The maximum atomic E-state index is 12.4. The van der Waals surface area contributed by atoms with Gasteiger partial charge in [-0.2, -0.15) is 4.99 Å². The molecule has 23 heavy (non-hydrogen) atoms. The first-order chi connectivity index (χ1) is 11.1. The van der Waals surface area contributed by atoms with E-state index in [1.807, 2.05) is 34.9 Å². The Bertz CT molecular complexity index is 974. The first-order valence-corrected chi connectivity index (χ1v) is 8.82. The highest BCUT2D eigenvalue weighted by molar-refractivity contribution is 9.10. The number of fused-ring (bicyclic) bond motifs is 1. The van der Waals surface area contributed by atoms with E-state index in [2.05, 4.69) is 27.5 Å². The maximum absolute atomic E-state index is 12.4. The van der Waals surface area contributed by atoms with Crippen LogP contribution in [0, 0.1) is 0 Å². The van der Waals surface area contributed by atoms with Crippen molar-refractivity contribution in [1.82, 2.24) is 4.57 Å². The average Bonchev–Trinajstić information content (AvgIpc) is 2.86. The lowest BCUT2D eigenvalue weighted by Gasteiger charge is -2.02. The largest absolute Gasteiger partial charge is 0.311 e. The normalized spacial score (nSPS) is 11.8. The van der Waals surface area contributed by atoms with Gasteiger partial charge in [-0.3, -0.25) is 4.79 Å². The van der Waals surface area contributed by atoms with Crippen LogP contribution in [-0.4, -0.2) is 10.5 Å². The van der Waals surface area contributed by atoms with Crippen molar-refractivity contribution < 1.29 is 4.79 Å². The van der Waals surface area contributed by atoms with Gasteiger partial charge in [0, 0.05) is 16.6 Å². The molecule has 1 aromatic heterocycles. The fraction of sp³-hybridized carbons (Fsp3) is 0.0588. The standard InChI is InChI=1S/C17H12BrClN2OS/c1-2-9-21-15-13(19)7-4-8-14(15)23-17(21)20-16(22)11-5-3-6-12(18)10-11/h2-8,10H,1,9H2. The summed E-state index contributed by atoms with van der Waals surface area (Å²) in [7, 11) is 0. The van der Waals surface area contributed by atoms with E-state index in [-0.39, 0.29) is 5.91 Å². The predicted molar refractivity (Wildman–Crippen MR) is 99.1 cm³/mol. The summed E-state index contributed by atoms with van der Waals surface area (Å²) >= 11 is 11.1. The van der Waals surface area contributed by atoms with E-state index >= 15 is 0 Å². The molecule has 0 aliphatic carbocycles. The molecule has 0 atom stereocenters. The number of thiazole rings is 1. The molecule has 0 bridgehead atoms. The third kappa shape index (κ3) is 3.32. The van der Waals surface area contributed by atoms with Crippen LogP contribution in [0.5, 0.6) is 0 Å². The molecule has 0 fully saturated rings. The fourth-order valence-electron chi connectivity index (χ4n) is 2.24. The zero-order valence-electron chi connectivity index (χ0n) is 12.0. The molecule has 0 saturated heterocycles. The lowest BCUT2D eigenvalue weighted by atomic mass is 10.2. The van der Waals surface area contributed by atoms with Gasteiger partial charge in [0.05, 0.1) is 15.2 Å². The van der Waals surface area contributed by atoms with Crippen molar-refractivity contribution >= 4 is 55.0 Å². The number of benzene rings is 2. The summed E-state index contributed by atoms with van der Waals surface area (Å²) < 4.78 is 3.74. The number of para-hydroxylation sites is 1. The van der Waals surface area contributed by atoms with Gasteiger partial charge in [0.25, 0.3) is 5.91 Å². The van der Waals surface area contributed by atoms with Crippen molar-refractivity contribution in [3.63, 3.8) is 0 Å². The molecular formula is C17H12BrClN2OS. The predicted octanol–water partition coefficient (Wildman–Crippen LogP) is 5.05. The van der Waals surface area contributed by atoms with Gasteiger partial charge in [0.2, 0.25) is 0 Å². The van der Waals surface area contributed by atoms with Gasteiger partial charge in [-0.05, 0) is 30.3 Å². The Kier molecular flexibility index (Phi) is 4.80. The number of carbonyl (C=O) groups excluding carboxylic acids is 1. The molecule has 3 rings (SSSR count). The van der Waals surface area contributed by atoms with E-state index in [1.165, 1.54) is 11.3 Å². The van der Waals surface area contributed by atoms with Gasteiger partial charge in [-0.15, -0.1) is 6.58 Å². The third-order valence-corrected chi connectivity index (χ3v) is 5.07. The third-order valence-electron chi connectivity index (χ3n) is 3.23. The Morgan fingerprint density at radius 1 is 1.35 bits per heavy atom. The number of carbonyl (C=O) groups is 1. The van der Waals surface area contributed by atoms with Crippen molar-refractivity contribution in [2.24, 2.45) is 4.99 Å². The van der Waals surface area contributed by atoms with Gasteiger partial charge >= 0.3 is 0 Å². The van der Waals surface area contributed by atoms with E-state index in [9.17, 15) is 4.79 Å². The Balaban J connectivity index is 2.18.